The summed E-state index contributed by atoms with van der Waals surface area (Å²) in [6.45, 7) is 2.72. The predicted molar refractivity (Wildman–Crippen MR) is 83.8 cm³/mol. The zero-order valence-electron chi connectivity index (χ0n) is 12.4. The Bertz CT molecular complexity index is 806. The van der Waals surface area contributed by atoms with E-state index in [1.165, 1.54) is 5.56 Å². The first-order valence-corrected chi connectivity index (χ1v) is 7.20. The standard InChI is InChI=1S/C17H17N3O2/c1-12-2-4-13(5-3-12)11-20-15-10-18-9-8-14(15)19-16(20)6-7-17(21)22/h2-5,8-10H,6-7,11H2,1H3,(H,21,22). The maximum absolute atomic E-state index is 10.8. The number of aliphatic carboxylic acids is 1. The minimum Gasteiger partial charge on any atom is -0.481 e. The number of rotatable bonds is 5. The van der Waals surface area contributed by atoms with Gasteiger partial charge in [-0.15, -0.1) is 0 Å². The van der Waals surface area contributed by atoms with Gasteiger partial charge in [0.2, 0.25) is 0 Å². The van der Waals surface area contributed by atoms with Crippen molar-refractivity contribution in [3.63, 3.8) is 0 Å². The third-order valence-electron chi connectivity index (χ3n) is 3.65. The Hall–Kier alpha value is -2.69. The van der Waals surface area contributed by atoms with Gasteiger partial charge in [-0.25, -0.2) is 4.98 Å². The molecular weight excluding hydrogens is 278 g/mol. The van der Waals surface area contributed by atoms with E-state index in [-0.39, 0.29) is 6.42 Å². The number of pyridine rings is 1. The van der Waals surface area contributed by atoms with Gasteiger partial charge in [0.1, 0.15) is 5.82 Å². The van der Waals surface area contributed by atoms with Crippen molar-refractivity contribution in [2.45, 2.75) is 26.3 Å². The molecule has 0 saturated carbocycles. The van der Waals surface area contributed by atoms with Gasteiger partial charge in [0.25, 0.3) is 0 Å². The molecule has 0 amide bonds. The molecule has 0 fully saturated rings. The summed E-state index contributed by atoms with van der Waals surface area (Å²) in [6.07, 6.45) is 3.97. The van der Waals surface area contributed by atoms with Gasteiger partial charge in [0.15, 0.2) is 0 Å². The Balaban J connectivity index is 1.99. The van der Waals surface area contributed by atoms with Crippen LogP contribution in [0.1, 0.15) is 23.4 Å². The number of imidazole rings is 1. The van der Waals surface area contributed by atoms with Crippen molar-refractivity contribution < 1.29 is 9.90 Å². The van der Waals surface area contributed by atoms with Gasteiger partial charge >= 0.3 is 5.97 Å². The maximum Gasteiger partial charge on any atom is 0.303 e. The number of hydrogen-bond acceptors (Lipinski definition) is 3. The van der Waals surface area contributed by atoms with Crippen molar-refractivity contribution in [3.8, 4) is 0 Å². The summed E-state index contributed by atoms with van der Waals surface area (Å²) in [5.74, 6) is -0.0296. The molecule has 0 aliphatic heterocycles. The van der Waals surface area contributed by atoms with Crippen LogP contribution in [0.4, 0.5) is 0 Å². The van der Waals surface area contributed by atoms with Crippen LogP contribution >= 0.6 is 0 Å². The number of hydrogen-bond donors (Lipinski definition) is 1. The molecule has 3 aromatic rings. The SMILES string of the molecule is Cc1ccc(Cn2c(CCC(=O)O)nc3ccncc32)cc1. The van der Waals surface area contributed by atoms with Crippen LogP contribution in [0, 0.1) is 6.92 Å². The number of nitrogens with zero attached hydrogens (tertiary/aromatic N) is 3. The maximum atomic E-state index is 10.8. The minimum absolute atomic E-state index is 0.0741. The number of carboxylic acids is 1. The fourth-order valence-corrected chi connectivity index (χ4v) is 2.48. The molecule has 1 N–H and O–H groups in total. The van der Waals surface area contributed by atoms with Crippen LogP contribution in [0.5, 0.6) is 0 Å². The number of fused-ring (bicyclic) bond motifs is 1. The highest BCUT2D eigenvalue weighted by Gasteiger charge is 2.12. The second-order valence-electron chi connectivity index (χ2n) is 5.36. The normalized spacial score (nSPS) is 11.0. The van der Waals surface area contributed by atoms with Gasteiger partial charge in [0.05, 0.1) is 23.7 Å². The third-order valence-corrected chi connectivity index (χ3v) is 3.65. The first-order valence-electron chi connectivity index (χ1n) is 7.20. The summed E-state index contributed by atoms with van der Waals surface area (Å²) in [5.41, 5.74) is 4.16. The monoisotopic (exact) mass is 295 g/mol. The van der Waals surface area contributed by atoms with Gasteiger partial charge in [-0.05, 0) is 18.6 Å². The minimum atomic E-state index is -0.813. The van der Waals surface area contributed by atoms with Gasteiger partial charge in [-0.2, -0.15) is 0 Å². The second kappa shape index (κ2) is 5.97. The molecular formula is C17H17N3O2. The Morgan fingerprint density at radius 3 is 2.73 bits per heavy atom. The average molecular weight is 295 g/mol. The highest BCUT2D eigenvalue weighted by atomic mass is 16.4. The van der Waals surface area contributed by atoms with E-state index in [1.54, 1.807) is 12.4 Å². The van der Waals surface area contributed by atoms with Crippen LogP contribution in [0.3, 0.4) is 0 Å². The van der Waals surface area contributed by atoms with Crippen molar-refractivity contribution in [1.82, 2.24) is 14.5 Å². The quantitative estimate of drug-likeness (QED) is 0.786. The summed E-state index contributed by atoms with van der Waals surface area (Å²) < 4.78 is 2.05. The summed E-state index contributed by atoms with van der Waals surface area (Å²) >= 11 is 0. The molecule has 2 heterocycles. The van der Waals surface area contributed by atoms with E-state index in [1.807, 2.05) is 6.07 Å². The smallest absolute Gasteiger partial charge is 0.303 e. The summed E-state index contributed by atoms with van der Waals surface area (Å²) in [7, 11) is 0. The molecule has 0 saturated heterocycles. The average Bonchev–Trinajstić information content (AvgIpc) is 2.85. The first kappa shape index (κ1) is 14.3. The largest absolute Gasteiger partial charge is 0.481 e. The zero-order chi connectivity index (χ0) is 15.5. The van der Waals surface area contributed by atoms with Gasteiger partial charge in [-0.3, -0.25) is 9.78 Å². The predicted octanol–water partition coefficient (Wildman–Crippen LogP) is 2.81. The van der Waals surface area contributed by atoms with Crippen molar-refractivity contribution in [2.75, 3.05) is 0 Å². The molecule has 0 atom stereocenters. The fraction of sp³-hybridized carbons (Fsp3) is 0.235. The van der Waals surface area contributed by atoms with Crippen molar-refractivity contribution in [3.05, 3.63) is 59.7 Å². The lowest BCUT2D eigenvalue weighted by atomic mass is 10.1. The Kier molecular flexibility index (Phi) is 3.87. The molecule has 1 aromatic carbocycles. The van der Waals surface area contributed by atoms with Crippen molar-refractivity contribution in [2.24, 2.45) is 0 Å². The van der Waals surface area contributed by atoms with Gasteiger partial charge < -0.3 is 9.67 Å². The number of carbonyl (C=O) groups is 1. The fourth-order valence-electron chi connectivity index (χ4n) is 2.48. The summed E-state index contributed by atoms with van der Waals surface area (Å²) in [6, 6.07) is 10.2. The summed E-state index contributed by atoms with van der Waals surface area (Å²) in [5, 5.41) is 8.91. The molecule has 0 spiro atoms. The van der Waals surface area contributed by atoms with Gasteiger partial charge in [0, 0.05) is 19.2 Å². The third kappa shape index (κ3) is 2.98. The van der Waals surface area contributed by atoms with Crippen LogP contribution in [0.25, 0.3) is 11.0 Å². The molecule has 5 heteroatoms. The molecule has 5 nitrogen and oxygen atoms in total. The lowest BCUT2D eigenvalue weighted by Gasteiger charge is -2.09. The van der Waals surface area contributed by atoms with E-state index in [4.69, 9.17) is 5.11 Å². The van der Waals surface area contributed by atoms with E-state index >= 15 is 0 Å². The molecule has 0 aliphatic carbocycles. The highest BCUT2D eigenvalue weighted by Crippen LogP contribution is 2.18. The Labute approximate surface area is 128 Å². The molecule has 112 valence electrons. The van der Waals surface area contributed by atoms with E-state index in [9.17, 15) is 4.79 Å². The first-order chi connectivity index (χ1) is 10.6. The molecule has 0 bridgehead atoms. The highest BCUT2D eigenvalue weighted by molar-refractivity contribution is 5.75. The van der Waals surface area contributed by atoms with Crippen LogP contribution in [-0.2, 0) is 17.8 Å². The number of aryl methyl sites for hydroxylation is 2. The van der Waals surface area contributed by atoms with Crippen LogP contribution in [-0.4, -0.2) is 25.6 Å². The second-order valence-corrected chi connectivity index (χ2v) is 5.36. The van der Waals surface area contributed by atoms with E-state index < -0.39 is 5.97 Å². The van der Waals surface area contributed by atoms with Crippen molar-refractivity contribution >= 4 is 17.0 Å². The van der Waals surface area contributed by atoms with Crippen LogP contribution < -0.4 is 0 Å². The Morgan fingerprint density at radius 1 is 1.23 bits per heavy atom. The number of benzene rings is 1. The van der Waals surface area contributed by atoms with E-state index in [0.29, 0.717) is 13.0 Å². The topological polar surface area (TPSA) is 68.0 Å². The molecule has 0 unspecified atom stereocenters. The van der Waals surface area contributed by atoms with Crippen LogP contribution in [0.2, 0.25) is 0 Å². The summed E-state index contributed by atoms with van der Waals surface area (Å²) in [4.78, 5) is 19.6. The number of carboxylic acid groups (broad SMARTS) is 1. The lowest BCUT2D eigenvalue weighted by Crippen LogP contribution is -2.08. The molecule has 0 aliphatic rings. The molecule has 2 aromatic heterocycles. The number of aromatic nitrogens is 3. The molecule has 22 heavy (non-hydrogen) atoms. The molecule has 0 radical (unpaired) electrons. The zero-order valence-corrected chi connectivity index (χ0v) is 12.4. The van der Waals surface area contributed by atoms with E-state index in [0.717, 1.165) is 22.4 Å². The lowest BCUT2D eigenvalue weighted by molar-refractivity contribution is -0.137. The van der Waals surface area contributed by atoms with E-state index in [2.05, 4.69) is 45.7 Å². The molecule has 3 rings (SSSR count). The van der Waals surface area contributed by atoms with Crippen molar-refractivity contribution in [1.29, 1.82) is 0 Å². The van der Waals surface area contributed by atoms with Crippen LogP contribution in [0.15, 0.2) is 42.7 Å². The Morgan fingerprint density at radius 2 is 2.00 bits per heavy atom. The van der Waals surface area contributed by atoms with Gasteiger partial charge in [-0.1, -0.05) is 29.8 Å².